The monoisotopic (exact) mass is 395 g/mol. The first-order valence-electron chi connectivity index (χ1n) is 9.30. The lowest BCUT2D eigenvalue weighted by molar-refractivity contribution is 0.401. The molecule has 0 fully saturated rings. The van der Waals surface area contributed by atoms with Crippen LogP contribution in [0.5, 0.6) is 0 Å². The minimum atomic E-state index is -0.338. The van der Waals surface area contributed by atoms with Gasteiger partial charge in [0, 0.05) is 12.2 Å². The Morgan fingerprint density at radius 1 is 1.25 bits per heavy atom. The second-order valence-corrected chi connectivity index (χ2v) is 8.61. The molecule has 0 aliphatic heterocycles. The van der Waals surface area contributed by atoms with Crippen molar-refractivity contribution in [3.8, 4) is 6.07 Å². The molecular weight excluding hydrogens is 370 g/mol. The third kappa shape index (κ3) is 3.92. The molecule has 0 saturated heterocycles. The predicted octanol–water partition coefficient (Wildman–Crippen LogP) is 5.01. The summed E-state index contributed by atoms with van der Waals surface area (Å²) in [5.41, 5.74) is 3.86. The number of aromatic amines is 1. The highest BCUT2D eigenvalue weighted by atomic mass is 32.2. The van der Waals surface area contributed by atoms with E-state index in [0.717, 1.165) is 34.1 Å². The SMILES string of the molecule is Cc1nc(SC(C)/C(O)=C(/C#N)c2nc3ccccc3[nH]2)n(CC(C)C)c1C. The number of thioether (sulfide) groups is 1. The minimum absolute atomic E-state index is 0.000888. The number of aryl methyl sites for hydroxylation is 1. The molecule has 0 radical (unpaired) electrons. The molecule has 2 heterocycles. The number of hydrogen-bond donors (Lipinski definition) is 2. The number of imidazole rings is 2. The molecule has 1 aromatic carbocycles. The molecule has 1 unspecified atom stereocenters. The van der Waals surface area contributed by atoms with E-state index in [1.807, 2.05) is 38.1 Å². The van der Waals surface area contributed by atoms with Gasteiger partial charge >= 0.3 is 0 Å². The summed E-state index contributed by atoms with van der Waals surface area (Å²) in [6.45, 7) is 11.1. The van der Waals surface area contributed by atoms with E-state index < -0.39 is 0 Å². The van der Waals surface area contributed by atoms with Crippen molar-refractivity contribution < 1.29 is 5.11 Å². The van der Waals surface area contributed by atoms with Crippen molar-refractivity contribution in [1.29, 1.82) is 5.26 Å². The van der Waals surface area contributed by atoms with Crippen molar-refractivity contribution in [3.05, 3.63) is 47.2 Å². The molecule has 0 aliphatic carbocycles. The van der Waals surface area contributed by atoms with Crippen LogP contribution in [0.25, 0.3) is 16.6 Å². The molecule has 28 heavy (non-hydrogen) atoms. The van der Waals surface area contributed by atoms with Crippen LogP contribution in [0.3, 0.4) is 0 Å². The highest BCUT2D eigenvalue weighted by molar-refractivity contribution is 7.99. The molecule has 7 heteroatoms. The highest BCUT2D eigenvalue weighted by Gasteiger charge is 2.22. The van der Waals surface area contributed by atoms with Crippen molar-refractivity contribution in [1.82, 2.24) is 19.5 Å². The third-order valence-electron chi connectivity index (χ3n) is 4.63. The van der Waals surface area contributed by atoms with E-state index >= 15 is 0 Å². The Bertz CT molecular complexity index is 1040. The van der Waals surface area contributed by atoms with Gasteiger partial charge in [0.25, 0.3) is 0 Å². The van der Waals surface area contributed by atoms with Gasteiger partial charge in [-0.3, -0.25) is 0 Å². The quantitative estimate of drug-likeness (QED) is 0.348. The van der Waals surface area contributed by atoms with Crippen LogP contribution >= 0.6 is 11.8 Å². The van der Waals surface area contributed by atoms with Gasteiger partial charge in [-0.2, -0.15) is 5.26 Å². The Hall–Kier alpha value is -2.72. The molecule has 0 aliphatic rings. The Labute approximate surface area is 169 Å². The van der Waals surface area contributed by atoms with Crippen molar-refractivity contribution in [2.75, 3.05) is 0 Å². The zero-order valence-corrected chi connectivity index (χ0v) is 17.6. The number of aliphatic hydroxyl groups is 1. The number of H-pyrrole nitrogens is 1. The number of nitrogens with one attached hydrogen (secondary N) is 1. The Morgan fingerprint density at radius 2 is 1.96 bits per heavy atom. The number of benzene rings is 1. The Morgan fingerprint density at radius 3 is 2.61 bits per heavy atom. The van der Waals surface area contributed by atoms with Gasteiger partial charge in [0.1, 0.15) is 17.4 Å². The summed E-state index contributed by atoms with van der Waals surface area (Å²) in [4.78, 5) is 12.2. The average Bonchev–Trinajstić information content (AvgIpc) is 3.18. The number of para-hydroxylation sites is 2. The van der Waals surface area contributed by atoms with Gasteiger partial charge in [0.2, 0.25) is 0 Å². The van der Waals surface area contributed by atoms with Crippen molar-refractivity contribution in [2.24, 2.45) is 5.92 Å². The van der Waals surface area contributed by atoms with Crippen LogP contribution in [-0.2, 0) is 6.54 Å². The Kier molecular flexibility index (Phi) is 5.80. The van der Waals surface area contributed by atoms with E-state index in [1.165, 1.54) is 11.8 Å². The Balaban J connectivity index is 1.93. The van der Waals surface area contributed by atoms with E-state index in [2.05, 4.69) is 46.4 Å². The van der Waals surface area contributed by atoms with E-state index in [4.69, 9.17) is 0 Å². The number of nitrogens with zero attached hydrogens (tertiary/aromatic N) is 4. The van der Waals surface area contributed by atoms with Crippen molar-refractivity contribution in [2.45, 2.75) is 51.6 Å². The predicted molar refractivity (Wildman–Crippen MR) is 113 cm³/mol. The molecule has 3 aromatic rings. The summed E-state index contributed by atoms with van der Waals surface area (Å²) >= 11 is 1.45. The molecular formula is C21H25N5OS. The molecule has 1 atom stereocenters. The van der Waals surface area contributed by atoms with Crippen LogP contribution in [0.4, 0.5) is 0 Å². The first-order valence-corrected chi connectivity index (χ1v) is 10.2. The molecule has 0 bridgehead atoms. The van der Waals surface area contributed by atoms with Gasteiger partial charge in [-0.15, -0.1) is 0 Å². The van der Waals surface area contributed by atoms with Gasteiger partial charge in [-0.1, -0.05) is 37.7 Å². The number of nitriles is 1. The lowest BCUT2D eigenvalue weighted by Gasteiger charge is -2.15. The van der Waals surface area contributed by atoms with Gasteiger partial charge in [-0.25, -0.2) is 9.97 Å². The van der Waals surface area contributed by atoms with Crippen molar-refractivity contribution >= 4 is 28.4 Å². The third-order valence-corrected chi connectivity index (χ3v) is 5.73. The van der Waals surface area contributed by atoms with Crippen LogP contribution in [0, 0.1) is 31.1 Å². The van der Waals surface area contributed by atoms with E-state index in [9.17, 15) is 10.4 Å². The van der Waals surface area contributed by atoms with Crippen LogP contribution < -0.4 is 0 Å². The van der Waals surface area contributed by atoms with Gasteiger partial charge in [-0.05, 0) is 38.8 Å². The summed E-state index contributed by atoms with van der Waals surface area (Å²) in [5.74, 6) is 0.865. The summed E-state index contributed by atoms with van der Waals surface area (Å²) in [6.07, 6.45) is 0. The number of aliphatic hydroxyl groups excluding tert-OH is 1. The highest BCUT2D eigenvalue weighted by Crippen LogP contribution is 2.31. The van der Waals surface area contributed by atoms with Gasteiger partial charge in [0.15, 0.2) is 11.0 Å². The maximum absolute atomic E-state index is 10.8. The lowest BCUT2D eigenvalue weighted by Crippen LogP contribution is -2.11. The van der Waals surface area contributed by atoms with Gasteiger partial charge < -0.3 is 14.7 Å². The number of aromatic nitrogens is 4. The van der Waals surface area contributed by atoms with E-state index in [0.29, 0.717) is 11.7 Å². The fourth-order valence-corrected chi connectivity index (χ4v) is 4.09. The molecule has 2 N–H and O–H groups in total. The first-order chi connectivity index (χ1) is 13.3. The molecule has 0 spiro atoms. The smallest absolute Gasteiger partial charge is 0.169 e. The molecule has 2 aromatic heterocycles. The molecule has 0 amide bonds. The molecule has 146 valence electrons. The van der Waals surface area contributed by atoms with Crippen LogP contribution in [0.2, 0.25) is 0 Å². The summed E-state index contributed by atoms with van der Waals surface area (Å²) < 4.78 is 2.18. The number of rotatable bonds is 6. The van der Waals surface area contributed by atoms with E-state index in [1.54, 1.807) is 0 Å². The second-order valence-electron chi connectivity index (χ2n) is 7.30. The molecule has 0 saturated carbocycles. The summed E-state index contributed by atoms with van der Waals surface area (Å²) in [5, 5.41) is 21.0. The molecule has 6 nitrogen and oxygen atoms in total. The number of allylic oxidation sites excluding steroid dienone is 1. The standard InChI is InChI=1S/C21H25N5OS/c1-12(2)11-26-14(4)13(3)23-21(26)28-15(5)19(27)16(10-22)20-24-17-8-6-7-9-18(17)25-20/h6-9,12,15,27H,11H2,1-5H3,(H,24,25)/b19-16+. The van der Waals surface area contributed by atoms with Crippen LogP contribution in [0.1, 0.15) is 38.0 Å². The first kappa shape index (κ1) is 20.0. The van der Waals surface area contributed by atoms with Crippen molar-refractivity contribution in [3.63, 3.8) is 0 Å². The number of hydrogen-bond acceptors (Lipinski definition) is 5. The second kappa shape index (κ2) is 8.11. The van der Waals surface area contributed by atoms with E-state index in [-0.39, 0.29) is 16.6 Å². The van der Waals surface area contributed by atoms with Gasteiger partial charge in [0.05, 0.1) is 22.0 Å². The minimum Gasteiger partial charge on any atom is -0.510 e. The topological polar surface area (TPSA) is 90.5 Å². The lowest BCUT2D eigenvalue weighted by atomic mass is 10.2. The average molecular weight is 396 g/mol. The van der Waals surface area contributed by atoms with Crippen LogP contribution in [-0.4, -0.2) is 29.9 Å². The fourth-order valence-electron chi connectivity index (χ4n) is 3.01. The fraction of sp³-hybridized carbons (Fsp3) is 0.381. The zero-order valence-electron chi connectivity index (χ0n) is 16.8. The maximum atomic E-state index is 10.8. The molecule has 3 rings (SSSR count). The zero-order chi connectivity index (χ0) is 20.4. The normalized spacial score (nSPS) is 13.6. The number of fused-ring (bicyclic) bond motifs is 1. The summed E-state index contributed by atoms with van der Waals surface area (Å²) in [6, 6.07) is 9.66. The van der Waals surface area contributed by atoms with Crippen LogP contribution in [0.15, 0.2) is 35.2 Å². The summed E-state index contributed by atoms with van der Waals surface area (Å²) in [7, 11) is 0. The maximum Gasteiger partial charge on any atom is 0.169 e. The largest absolute Gasteiger partial charge is 0.510 e.